The van der Waals surface area contributed by atoms with E-state index >= 15 is 0 Å². The van der Waals surface area contributed by atoms with Gasteiger partial charge in [-0.2, -0.15) is 0 Å². The predicted molar refractivity (Wildman–Crippen MR) is 56.6 cm³/mol. The molecule has 0 spiro atoms. The average Bonchev–Trinajstić information content (AvgIpc) is 2.29. The Hall–Kier alpha value is -1.39. The second-order valence-corrected chi connectivity index (χ2v) is 3.09. The molecule has 0 fully saturated rings. The van der Waals surface area contributed by atoms with Crippen LogP contribution in [0.5, 0.6) is 0 Å². The molecular formula is C11H15NO3. The number of carbonyl (C=O) groups is 1. The van der Waals surface area contributed by atoms with Crippen molar-refractivity contribution in [3.63, 3.8) is 0 Å². The molecule has 0 amide bonds. The van der Waals surface area contributed by atoms with E-state index in [0.717, 1.165) is 5.56 Å². The summed E-state index contributed by atoms with van der Waals surface area (Å²) >= 11 is 0. The number of benzene rings is 1. The molecule has 0 aliphatic carbocycles. The highest BCUT2D eigenvalue weighted by molar-refractivity contribution is 5.89. The third-order valence-electron chi connectivity index (χ3n) is 1.99. The lowest BCUT2D eigenvalue weighted by Gasteiger charge is -2.04. The standard InChI is InChI=1S/C11H15NO3/c1-15-11(14)10-4-2-9(3-5-10)8-12-6-7-13/h2-5,12-13H,6-8H2,1H3. The van der Waals surface area contributed by atoms with Crippen molar-refractivity contribution in [2.45, 2.75) is 6.54 Å². The van der Waals surface area contributed by atoms with Gasteiger partial charge in [-0.05, 0) is 17.7 Å². The molecule has 1 rings (SSSR count). The monoisotopic (exact) mass is 209 g/mol. The van der Waals surface area contributed by atoms with Crippen molar-refractivity contribution in [3.8, 4) is 0 Å². The minimum atomic E-state index is -0.329. The first-order valence-electron chi connectivity index (χ1n) is 4.76. The van der Waals surface area contributed by atoms with Gasteiger partial charge in [0.2, 0.25) is 0 Å². The Labute approximate surface area is 88.9 Å². The van der Waals surface area contributed by atoms with E-state index in [2.05, 4.69) is 10.1 Å². The van der Waals surface area contributed by atoms with E-state index in [0.29, 0.717) is 18.7 Å². The lowest BCUT2D eigenvalue weighted by Crippen LogP contribution is -2.17. The molecule has 0 aliphatic heterocycles. The molecule has 1 aromatic rings. The fourth-order valence-electron chi connectivity index (χ4n) is 1.19. The topological polar surface area (TPSA) is 58.6 Å². The zero-order valence-corrected chi connectivity index (χ0v) is 8.69. The van der Waals surface area contributed by atoms with Crippen LogP contribution in [0.1, 0.15) is 15.9 Å². The predicted octanol–water partition coefficient (Wildman–Crippen LogP) is 0.555. The number of carbonyl (C=O) groups excluding carboxylic acids is 1. The van der Waals surface area contributed by atoms with Crippen molar-refractivity contribution in [1.82, 2.24) is 5.32 Å². The molecule has 15 heavy (non-hydrogen) atoms. The maximum Gasteiger partial charge on any atom is 0.337 e. The lowest BCUT2D eigenvalue weighted by molar-refractivity contribution is 0.0600. The summed E-state index contributed by atoms with van der Waals surface area (Å²) in [5.74, 6) is -0.329. The second kappa shape index (κ2) is 6.16. The highest BCUT2D eigenvalue weighted by Gasteiger charge is 2.03. The number of rotatable bonds is 5. The Morgan fingerprint density at radius 3 is 2.60 bits per heavy atom. The highest BCUT2D eigenvalue weighted by Crippen LogP contribution is 2.05. The van der Waals surface area contributed by atoms with Crippen molar-refractivity contribution in [2.24, 2.45) is 0 Å². The van der Waals surface area contributed by atoms with Crippen LogP contribution in [0.2, 0.25) is 0 Å². The molecule has 1 aromatic carbocycles. The Bertz CT molecular complexity index is 308. The summed E-state index contributed by atoms with van der Waals surface area (Å²) in [6.45, 7) is 1.38. The van der Waals surface area contributed by atoms with Crippen molar-refractivity contribution in [1.29, 1.82) is 0 Å². The van der Waals surface area contributed by atoms with Crippen LogP contribution in [0, 0.1) is 0 Å². The van der Waals surface area contributed by atoms with E-state index in [4.69, 9.17) is 5.11 Å². The molecule has 2 N–H and O–H groups in total. The summed E-state index contributed by atoms with van der Waals surface area (Å²) in [6.07, 6.45) is 0. The van der Waals surface area contributed by atoms with Crippen LogP contribution >= 0.6 is 0 Å². The number of hydrogen-bond acceptors (Lipinski definition) is 4. The van der Waals surface area contributed by atoms with Crippen molar-refractivity contribution >= 4 is 5.97 Å². The van der Waals surface area contributed by atoms with Gasteiger partial charge in [0.15, 0.2) is 0 Å². The number of aliphatic hydroxyl groups is 1. The molecule has 0 aromatic heterocycles. The van der Waals surface area contributed by atoms with Crippen LogP contribution in [0.15, 0.2) is 24.3 Å². The summed E-state index contributed by atoms with van der Waals surface area (Å²) in [5.41, 5.74) is 1.61. The third-order valence-corrected chi connectivity index (χ3v) is 1.99. The molecule has 0 unspecified atom stereocenters. The SMILES string of the molecule is COC(=O)c1ccc(CNCCO)cc1. The molecule has 0 atom stereocenters. The first-order chi connectivity index (χ1) is 7.27. The molecule has 4 heteroatoms. The van der Waals surface area contributed by atoms with Crippen molar-refractivity contribution in [2.75, 3.05) is 20.3 Å². The number of aliphatic hydroxyl groups excluding tert-OH is 1. The Morgan fingerprint density at radius 1 is 1.40 bits per heavy atom. The quantitative estimate of drug-likeness (QED) is 0.549. The van der Waals surface area contributed by atoms with E-state index < -0.39 is 0 Å². The largest absolute Gasteiger partial charge is 0.465 e. The average molecular weight is 209 g/mol. The van der Waals surface area contributed by atoms with Gasteiger partial charge in [0, 0.05) is 13.1 Å². The van der Waals surface area contributed by atoms with Crippen LogP contribution < -0.4 is 5.32 Å². The van der Waals surface area contributed by atoms with Crippen LogP contribution in [0.4, 0.5) is 0 Å². The Kier molecular flexibility index (Phi) is 4.80. The molecular weight excluding hydrogens is 194 g/mol. The normalized spacial score (nSPS) is 10.0. The number of methoxy groups -OCH3 is 1. The van der Waals surface area contributed by atoms with E-state index in [1.807, 2.05) is 12.1 Å². The number of ether oxygens (including phenoxy) is 1. The zero-order valence-electron chi connectivity index (χ0n) is 8.69. The smallest absolute Gasteiger partial charge is 0.337 e. The minimum Gasteiger partial charge on any atom is -0.465 e. The molecule has 0 bridgehead atoms. The molecule has 4 nitrogen and oxygen atoms in total. The van der Waals surface area contributed by atoms with Gasteiger partial charge in [-0.25, -0.2) is 4.79 Å². The second-order valence-electron chi connectivity index (χ2n) is 3.09. The van der Waals surface area contributed by atoms with E-state index in [9.17, 15) is 4.79 Å². The van der Waals surface area contributed by atoms with Gasteiger partial charge in [-0.1, -0.05) is 12.1 Å². The summed E-state index contributed by atoms with van der Waals surface area (Å²) < 4.78 is 4.59. The molecule has 0 saturated carbocycles. The number of esters is 1. The number of nitrogens with one attached hydrogen (secondary N) is 1. The van der Waals surface area contributed by atoms with Gasteiger partial charge in [0.1, 0.15) is 0 Å². The summed E-state index contributed by atoms with van der Waals surface area (Å²) in [5, 5.41) is 11.6. The first kappa shape index (κ1) is 11.7. The van der Waals surface area contributed by atoms with Crippen molar-refractivity contribution < 1.29 is 14.6 Å². The molecule has 82 valence electrons. The van der Waals surface area contributed by atoms with Crippen LogP contribution in [0.3, 0.4) is 0 Å². The zero-order chi connectivity index (χ0) is 11.1. The van der Waals surface area contributed by atoms with Gasteiger partial charge in [-0.3, -0.25) is 0 Å². The maximum atomic E-state index is 11.1. The van der Waals surface area contributed by atoms with Gasteiger partial charge in [0.05, 0.1) is 19.3 Å². The van der Waals surface area contributed by atoms with Crippen LogP contribution in [-0.4, -0.2) is 31.3 Å². The van der Waals surface area contributed by atoms with E-state index in [-0.39, 0.29) is 12.6 Å². The summed E-state index contributed by atoms with van der Waals surface area (Å²) in [7, 11) is 1.36. The van der Waals surface area contributed by atoms with Gasteiger partial charge >= 0.3 is 5.97 Å². The summed E-state index contributed by atoms with van der Waals surface area (Å²) in [6, 6.07) is 7.16. The minimum absolute atomic E-state index is 0.125. The van der Waals surface area contributed by atoms with Crippen LogP contribution in [-0.2, 0) is 11.3 Å². The fourth-order valence-corrected chi connectivity index (χ4v) is 1.19. The molecule has 0 heterocycles. The van der Waals surface area contributed by atoms with Gasteiger partial charge in [-0.15, -0.1) is 0 Å². The van der Waals surface area contributed by atoms with Gasteiger partial charge < -0.3 is 15.2 Å². The fraction of sp³-hybridized carbons (Fsp3) is 0.364. The van der Waals surface area contributed by atoms with Crippen LogP contribution in [0.25, 0.3) is 0 Å². The molecule has 0 aliphatic rings. The van der Waals surface area contributed by atoms with Gasteiger partial charge in [0.25, 0.3) is 0 Å². The number of hydrogen-bond donors (Lipinski definition) is 2. The Morgan fingerprint density at radius 2 is 2.07 bits per heavy atom. The maximum absolute atomic E-state index is 11.1. The highest BCUT2D eigenvalue weighted by atomic mass is 16.5. The summed E-state index contributed by atoms with van der Waals surface area (Å²) in [4.78, 5) is 11.1. The van der Waals surface area contributed by atoms with E-state index in [1.165, 1.54) is 7.11 Å². The van der Waals surface area contributed by atoms with E-state index in [1.54, 1.807) is 12.1 Å². The lowest BCUT2D eigenvalue weighted by atomic mass is 10.1. The third kappa shape index (κ3) is 3.69. The molecule has 0 radical (unpaired) electrons. The molecule has 0 saturated heterocycles. The van der Waals surface area contributed by atoms with Crippen molar-refractivity contribution in [3.05, 3.63) is 35.4 Å². The first-order valence-corrected chi connectivity index (χ1v) is 4.76. The Balaban J connectivity index is 2.52.